The monoisotopic (exact) mass is 329 g/mol. The van der Waals surface area contributed by atoms with Gasteiger partial charge < -0.3 is 9.88 Å². The van der Waals surface area contributed by atoms with Gasteiger partial charge in [-0.25, -0.2) is 4.98 Å². The molecule has 4 heterocycles. The van der Waals surface area contributed by atoms with E-state index in [-0.39, 0.29) is 23.6 Å². The second-order valence-corrected chi connectivity index (χ2v) is 7.43. The summed E-state index contributed by atoms with van der Waals surface area (Å²) in [6.45, 7) is 3.79. The molecule has 6 heteroatoms. The molecule has 2 atom stereocenters. The van der Waals surface area contributed by atoms with Gasteiger partial charge >= 0.3 is 0 Å². The highest BCUT2D eigenvalue weighted by Crippen LogP contribution is 2.34. The van der Waals surface area contributed by atoms with Gasteiger partial charge in [-0.1, -0.05) is 0 Å². The summed E-state index contributed by atoms with van der Waals surface area (Å²) < 4.78 is 0. The number of aryl methyl sites for hydroxylation is 2. The predicted molar refractivity (Wildman–Crippen MR) is 89.0 cm³/mol. The van der Waals surface area contributed by atoms with Gasteiger partial charge in [0, 0.05) is 30.5 Å². The average Bonchev–Trinajstić information content (AvgIpc) is 3.02. The zero-order valence-electron chi connectivity index (χ0n) is 13.3. The number of aromatic amines is 1. The minimum absolute atomic E-state index is 0.0419. The van der Waals surface area contributed by atoms with Gasteiger partial charge in [0.1, 0.15) is 5.82 Å². The highest BCUT2D eigenvalue weighted by Gasteiger charge is 2.41. The first kappa shape index (κ1) is 14.6. The van der Waals surface area contributed by atoms with Gasteiger partial charge in [0.25, 0.3) is 11.5 Å². The van der Waals surface area contributed by atoms with Crippen molar-refractivity contribution in [3.8, 4) is 0 Å². The summed E-state index contributed by atoms with van der Waals surface area (Å²) in [5.74, 6) is 0.768. The molecule has 2 aromatic rings. The number of H-pyrrole nitrogens is 1. The van der Waals surface area contributed by atoms with Crippen molar-refractivity contribution in [2.75, 3.05) is 0 Å². The molecule has 0 aliphatic carbocycles. The lowest BCUT2D eigenvalue weighted by atomic mass is 9.98. The third-order valence-electron chi connectivity index (χ3n) is 5.00. The highest BCUT2D eigenvalue weighted by atomic mass is 32.1. The van der Waals surface area contributed by atoms with Crippen molar-refractivity contribution in [2.45, 2.75) is 51.6 Å². The zero-order chi connectivity index (χ0) is 16.1. The summed E-state index contributed by atoms with van der Waals surface area (Å²) in [7, 11) is 0. The molecule has 0 aromatic carbocycles. The number of amides is 1. The van der Waals surface area contributed by atoms with Crippen LogP contribution < -0.4 is 5.56 Å². The van der Waals surface area contributed by atoms with Crippen LogP contribution in [-0.4, -0.2) is 32.9 Å². The first-order valence-corrected chi connectivity index (χ1v) is 8.88. The van der Waals surface area contributed by atoms with Crippen LogP contribution in [0, 0.1) is 13.8 Å². The Morgan fingerprint density at radius 3 is 2.74 bits per heavy atom. The van der Waals surface area contributed by atoms with E-state index >= 15 is 0 Å². The summed E-state index contributed by atoms with van der Waals surface area (Å²) >= 11 is 1.50. The first-order valence-electron chi connectivity index (χ1n) is 8.00. The van der Waals surface area contributed by atoms with Crippen LogP contribution in [0.3, 0.4) is 0 Å². The molecule has 0 radical (unpaired) electrons. The SMILES string of the molecule is Cc1nc2c(c(=O)[nH]1)CC1CCC(C2)N1C(=O)c1sccc1C. The minimum atomic E-state index is -0.0419. The third-order valence-corrected chi connectivity index (χ3v) is 6.00. The van der Waals surface area contributed by atoms with E-state index < -0.39 is 0 Å². The zero-order valence-corrected chi connectivity index (χ0v) is 14.1. The smallest absolute Gasteiger partial charge is 0.264 e. The fourth-order valence-electron chi connectivity index (χ4n) is 3.91. The average molecular weight is 329 g/mol. The van der Waals surface area contributed by atoms with Crippen LogP contribution in [0.5, 0.6) is 0 Å². The topological polar surface area (TPSA) is 66.1 Å². The quantitative estimate of drug-likeness (QED) is 0.872. The molecule has 2 aromatic heterocycles. The fourth-order valence-corrected chi connectivity index (χ4v) is 4.78. The van der Waals surface area contributed by atoms with Gasteiger partial charge in [0.05, 0.1) is 10.6 Å². The van der Waals surface area contributed by atoms with E-state index in [0.717, 1.165) is 34.5 Å². The number of carbonyl (C=O) groups is 1. The number of hydrogen-bond acceptors (Lipinski definition) is 4. The van der Waals surface area contributed by atoms with E-state index in [1.54, 1.807) is 0 Å². The number of carbonyl (C=O) groups excluding carboxylic acids is 1. The van der Waals surface area contributed by atoms with Gasteiger partial charge in [-0.3, -0.25) is 9.59 Å². The summed E-state index contributed by atoms with van der Waals surface area (Å²) in [5, 5.41) is 1.96. The van der Waals surface area contributed by atoms with E-state index in [0.29, 0.717) is 18.7 Å². The summed E-state index contributed by atoms with van der Waals surface area (Å²) in [6, 6.07) is 2.26. The largest absolute Gasteiger partial charge is 0.331 e. The van der Waals surface area contributed by atoms with Crippen LogP contribution >= 0.6 is 11.3 Å². The summed E-state index contributed by atoms with van der Waals surface area (Å²) in [5.41, 5.74) is 2.63. The first-order chi connectivity index (χ1) is 11.0. The molecular weight excluding hydrogens is 310 g/mol. The second-order valence-electron chi connectivity index (χ2n) is 6.51. The van der Waals surface area contributed by atoms with Crippen molar-refractivity contribution in [1.82, 2.24) is 14.9 Å². The Balaban J connectivity index is 1.74. The number of hydrogen-bond donors (Lipinski definition) is 1. The van der Waals surface area contributed by atoms with E-state index in [9.17, 15) is 9.59 Å². The minimum Gasteiger partial charge on any atom is -0.331 e. The molecule has 1 fully saturated rings. The molecule has 2 aliphatic rings. The molecule has 2 bridgehead atoms. The van der Waals surface area contributed by atoms with E-state index in [2.05, 4.69) is 9.97 Å². The summed E-state index contributed by atoms with van der Waals surface area (Å²) in [6.07, 6.45) is 3.26. The Bertz CT molecular complexity index is 839. The molecule has 0 spiro atoms. The maximum atomic E-state index is 13.0. The molecule has 23 heavy (non-hydrogen) atoms. The second kappa shape index (κ2) is 5.30. The Morgan fingerprint density at radius 1 is 1.30 bits per heavy atom. The van der Waals surface area contributed by atoms with Crippen LogP contribution in [0.4, 0.5) is 0 Å². The van der Waals surface area contributed by atoms with Crippen LogP contribution in [-0.2, 0) is 12.8 Å². The van der Waals surface area contributed by atoms with Crippen LogP contribution in [0.1, 0.15) is 45.2 Å². The van der Waals surface area contributed by atoms with Gasteiger partial charge in [-0.2, -0.15) is 0 Å². The van der Waals surface area contributed by atoms with Gasteiger partial charge in [-0.05, 0) is 43.7 Å². The van der Waals surface area contributed by atoms with Crippen molar-refractivity contribution in [1.29, 1.82) is 0 Å². The lowest BCUT2D eigenvalue weighted by Gasteiger charge is -2.28. The fraction of sp³-hybridized carbons (Fsp3) is 0.471. The molecule has 1 saturated heterocycles. The van der Waals surface area contributed by atoms with Crippen molar-refractivity contribution in [3.05, 3.63) is 49.3 Å². The molecule has 4 rings (SSSR count). The maximum Gasteiger partial charge on any atom is 0.264 e. The molecule has 2 aliphatic heterocycles. The Hall–Kier alpha value is -1.95. The molecule has 0 saturated carbocycles. The number of thiophene rings is 1. The van der Waals surface area contributed by atoms with Crippen molar-refractivity contribution < 1.29 is 4.79 Å². The number of nitrogens with zero attached hydrogens (tertiary/aromatic N) is 2. The van der Waals surface area contributed by atoms with E-state index in [1.807, 2.05) is 30.2 Å². The number of aromatic nitrogens is 2. The normalized spacial score (nSPS) is 22.8. The molecule has 2 unspecified atom stereocenters. The number of fused-ring (bicyclic) bond motifs is 3. The molecule has 120 valence electrons. The predicted octanol–water partition coefficient (Wildman–Crippen LogP) is 2.22. The Kier molecular flexibility index (Phi) is 3.37. The van der Waals surface area contributed by atoms with Gasteiger partial charge in [0.15, 0.2) is 0 Å². The van der Waals surface area contributed by atoms with Crippen molar-refractivity contribution in [3.63, 3.8) is 0 Å². The number of rotatable bonds is 1. The lowest BCUT2D eigenvalue weighted by molar-refractivity contribution is 0.0678. The van der Waals surface area contributed by atoms with Crippen molar-refractivity contribution in [2.24, 2.45) is 0 Å². The molecule has 5 nitrogen and oxygen atoms in total. The van der Waals surface area contributed by atoms with Gasteiger partial charge in [-0.15, -0.1) is 11.3 Å². The Labute approximate surface area is 138 Å². The standard InChI is InChI=1S/C17H19N3O2S/c1-9-5-6-23-15(9)17(22)20-11-3-4-12(20)8-14-13(7-11)16(21)19-10(2)18-14/h5-6,11-12H,3-4,7-8H2,1-2H3,(H,18,19,21). The maximum absolute atomic E-state index is 13.0. The van der Waals surface area contributed by atoms with Crippen LogP contribution in [0.15, 0.2) is 16.2 Å². The molecular formula is C17H19N3O2S. The Morgan fingerprint density at radius 2 is 2.04 bits per heavy atom. The molecule has 1 amide bonds. The van der Waals surface area contributed by atoms with E-state index in [1.165, 1.54) is 11.3 Å². The van der Waals surface area contributed by atoms with Gasteiger partial charge in [0.2, 0.25) is 0 Å². The van der Waals surface area contributed by atoms with Crippen LogP contribution in [0.25, 0.3) is 0 Å². The van der Waals surface area contributed by atoms with Crippen LogP contribution in [0.2, 0.25) is 0 Å². The third kappa shape index (κ3) is 2.32. The number of nitrogens with one attached hydrogen (secondary N) is 1. The highest BCUT2D eigenvalue weighted by molar-refractivity contribution is 7.12. The lowest BCUT2D eigenvalue weighted by Crippen LogP contribution is -2.41. The van der Waals surface area contributed by atoms with E-state index in [4.69, 9.17) is 0 Å². The van der Waals surface area contributed by atoms with Crippen molar-refractivity contribution >= 4 is 17.2 Å². The molecule has 1 N–H and O–H groups in total. The summed E-state index contributed by atoms with van der Waals surface area (Å²) in [4.78, 5) is 35.5.